The van der Waals surface area contributed by atoms with Crippen LogP contribution in [0.25, 0.3) is 0 Å². The zero-order chi connectivity index (χ0) is 17.6. The Labute approximate surface area is 145 Å². The third kappa shape index (κ3) is 4.46. The molecule has 0 bridgehead atoms. The summed E-state index contributed by atoms with van der Waals surface area (Å²) in [7, 11) is 0. The molecule has 1 aromatic heterocycles. The molecule has 1 aliphatic heterocycles. The molecule has 3 N–H and O–H groups in total. The van der Waals surface area contributed by atoms with Gasteiger partial charge in [0, 0.05) is 18.8 Å². The predicted octanol–water partition coefficient (Wildman–Crippen LogP) is 1.52. The number of hydrogen-bond donors (Lipinski definition) is 3. The number of ether oxygens (including phenoxy) is 1. The van der Waals surface area contributed by atoms with E-state index < -0.39 is 0 Å². The number of anilines is 1. The fraction of sp³-hybridized carbons (Fsp3) is 0.333. The maximum absolute atomic E-state index is 12.2. The third-order valence-electron chi connectivity index (χ3n) is 4.02. The number of carbonyl (C=O) groups excluding carboxylic acids is 2. The van der Waals surface area contributed by atoms with Crippen molar-refractivity contribution in [1.29, 1.82) is 0 Å². The van der Waals surface area contributed by atoms with Crippen molar-refractivity contribution in [2.24, 2.45) is 0 Å². The quantitative estimate of drug-likeness (QED) is 0.766. The standard InChI is InChI=1S/C18H21N3O4/c1-12-16(19-8-10-24-12)18(23)20-11-13-4-6-14(7-5-13)21-17(22)15-3-2-9-25-15/h2-7,9,12,16,19H,8,10-11H2,1H3,(H,20,23)(H,21,22)/t12-,16+/m1/s1. The monoisotopic (exact) mass is 343 g/mol. The molecule has 1 aliphatic rings. The molecule has 0 saturated carbocycles. The highest BCUT2D eigenvalue weighted by Gasteiger charge is 2.27. The highest BCUT2D eigenvalue weighted by molar-refractivity contribution is 6.02. The molecule has 0 spiro atoms. The maximum Gasteiger partial charge on any atom is 0.291 e. The molecule has 2 aromatic rings. The lowest BCUT2D eigenvalue weighted by molar-refractivity contribution is -0.129. The summed E-state index contributed by atoms with van der Waals surface area (Å²) in [5.74, 6) is -0.126. The van der Waals surface area contributed by atoms with Gasteiger partial charge >= 0.3 is 0 Å². The van der Waals surface area contributed by atoms with Gasteiger partial charge in [0.2, 0.25) is 5.91 Å². The molecular formula is C18H21N3O4. The molecule has 0 aliphatic carbocycles. The third-order valence-corrected chi connectivity index (χ3v) is 4.02. The van der Waals surface area contributed by atoms with E-state index in [4.69, 9.17) is 9.15 Å². The van der Waals surface area contributed by atoms with Gasteiger partial charge in [-0.2, -0.15) is 0 Å². The molecule has 2 amide bonds. The maximum atomic E-state index is 12.2. The molecule has 2 atom stereocenters. The highest BCUT2D eigenvalue weighted by Crippen LogP contribution is 2.12. The van der Waals surface area contributed by atoms with Gasteiger partial charge in [0.15, 0.2) is 5.76 Å². The number of carbonyl (C=O) groups is 2. The second-order valence-corrected chi connectivity index (χ2v) is 5.85. The van der Waals surface area contributed by atoms with Crippen LogP contribution < -0.4 is 16.0 Å². The van der Waals surface area contributed by atoms with Crippen molar-refractivity contribution >= 4 is 17.5 Å². The number of amides is 2. The summed E-state index contributed by atoms with van der Waals surface area (Å²) in [5, 5.41) is 8.80. The number of furan rings is 1. The Kier molecular flexibility index (Phi) is 5.47. The highest BCUT2D eigenvalue weighted by atomic mass is 16.5. The smallest absolute Gasteiger partial charge is 0.291 e. The molecule has 25 heavy (non-hydrogen) atoms. The summed E-state index contributed by atoms with van der Waals surface area (Å²) >= 11 is 0. The van der Waals surface area contributed by atoms with Crippen molar-refractivity contribution in [2.75, 3.05) is 18.5 Å². The van der Waals surface area contributed by atoms with Gasteiger partial charge < -0.3 is 25.1 Å². The van der Waals surface area contributed by atoms with Crippen LogP contribution in [0.15, 0.2) is 47.1 Å². The Morgan fingerprint density at radius 1 is 1.24 bits per heavy atom. The van der Waals surface area contributed by atoms with Gasteiger partial charge in [-0.25, -0.2) is 0 Å². The molecule has 2 heterocycles. The SMILES string of the molecule is C[C@H]1OCCN[C@@H]1C(=O)NCc1ccc(NC(=O)c2ccco2)cc1. The first-order chi connectivity index (χ1) is 12.1. The lowest BCUT2D eigenvalue weighted by Crippen LogP contribution is -2.55. The second-order valence-electron chi connectivity index (χ2n) is 5.85. The molecule has 1 aromatic carbocycles. The summed E-state index contributed by atoms with van der Waals surface area (Å²) in [6, 6.07) is 10.2. The Bertz CT molecular complexity index is 712. The zero-order valence-corrected chi connectivity index (χ0v) is 14.0. The van der Waals surface area contributed by atoms with E-state index in [0.29, 0.717) is 25.4 Å². The molecule has 3 rings (SSSR count). The van der Waals surface area contributed by atoms with E-state index in [2.05, 4.69) is 16.0 Å². The molecule has 7 heteroatoms. The van der Waals surface area contributed by atoms with Gasteiger partial charge in [0.25, 0.3) is 5.91 Å². The average molecular weight is 343 g/mol. The molecule has 1 fully saturated rings. The number of benzene rings is 1. The fourth-order valence-electron chi connectivity index (χ4n) is 2.63. The van der Waals surface area contributed by atoms with Gasteiger partial charge in [0.05, 0.1) is 19.0 Å². The molecule has 1 saturated heterocycles. The van der Waals surface area contributed by atoms with Crippen LogP contribution in [0.3, 0.4) is 0 Å². The minimum atomic E-state index is -0.333. The zero-order valence-electron chi connectivity index (χ0n) is 14.0. The van der Waals surface area contributed by atoms with Gasteiger partial charge in [-0.15, -0.1) is 0 Å². The Balaban J connectivity index is 1.50. The topological polar surface area (TPSA) is 92.6 Å². The van der Waals surface area contributed by atoms with E-state index in [9.17, 15) is 9.59 Å². The van der Waals surface area contributed by atoms with Crippen LogP contribution in [0.4, 0.5) is 5.69 Å². The summed E-state index contributed by atoms with van der Waals surface area (Å²) in [4.78, 5) is 24.1. The van der Waals surface area contributed by atoms with Gasteiger partial charge in [-0.05, 0) is 36.8 Å². The van der Waals surface area contributed by atoms with E-state index in [1.54, 1.807) is 24.3 Å². The van der Waals surface area contributed by atoms with Crippen molar-refractivity contribution in [3.63, 3.8) is 0 Å². The molecule has 0 unspecified atom stereocenters. The van der Waals surface area contributed by atoms with Crippen LogP contribution in [0.5, 0.6) is 0 Å². The van der Waals surface area contributed by atoms with Gasteiger partial charge in [-0.3, -0.25) is 9.59 Å². The Hall–Kier alpha value is -2.64. The van der Waals surface area contributed by atoms with Crippen LogP contribution in [0, 0.1) is 0 Å². The Morgan fingerprint density at radius 2 is 2.04 bits per heavy atom. The van der Waals surface area contributed by atoms with Crippen molar-refractivity contribution in [3.05, 3.63) is 54.0 Å². The van der Waals surface area contributed by atoms with Crippen molar-refractivity contribution in [3.8, 4) is 0 Å². The van der Waals surface area contributed by atoms with E-state index >= 15 is 0 Å². The van der Waals surface area contributed by atoms with E-state index in [-0.39, 0.29) is 29.7 Å². The Morgan fingerprint density at radius 3 is 2.72 bits per heavy atom. The van der Waals surface area contributed by atoms with Crippen molar-refractivity contribution < 1.29 is 18.7 Å². The summed E-state index contributed by atoms with van der Waals surface area (Å²) in [6.45, 7) is 3.59. The number of hydrogen-bond acceptors (Lipinski definition) is 5. The van der Waals surface area contributed by atoms with Crippen LogP contribution >= 0.6 is 0 Å². The van der Waals surface area contributed by atoms with E-state index in [1.165, 1.54) is 6.26 Å². The molecule has 7 nitrogen and oxygen atoms in total. The van der Waals surface area contributed by atoms with E-state index in [0.717, 1.165) is 5.56 Å². The van der Waals surface area contributed by atoms with Crippen molar-refractivity contribution in [2.45, 2.75) is 25.6 Å². The minimum absolute atomic E-state index is 0.0811. The normalized spacial score (nSPS) is 20.0. The number of rotatable bonds is 5. The number of nitrogens with one attached hydrogen (secondary N) is 3. The van der Waals surface area contributed by atoms with Crippen molar-refractivity contribution in [1.82, 2.24) is 10.6 Å². The average Bonchev–Trinajstić information content (AvgIpc) is 3.16. The van der Waals surface area contributed by atoms with Gasteiger partial charge in [0.1, 0.15) is 6.04 Å². The lowest BCUT2D eigenvalue weighted by atomic mass is 10.1. The largest absolute Gasteiger partial charge is 0.459 e. The van der Waals surface area contributed by atoms with Crippen LogP contribution in [-0.4, -0.2) is 37.1 Å². The van der Waals surface area contributed by atoms with Crippen LogP contribution in [0.1, 0.15) is 23.0 Å². The second kappa shape index (κ2) is 7.96. The number of morpholine rings is 1. The molecule has 132 valence electrons. The van der Waals surface area contributed by atoms with Gasteiger partial charge in [-0.1, -0.05) is 12.1 Å². The molecule has 0 radical (unpaired) electrons. The van der Waals surface area contributed by atoms with Crippen LogP contribution in [-0.2, 0) is 16.1 Å². The molecular weight excluding hydrogens is 322 g/mol. The predicted molar refractivity (Wildman–Crippen MR) is 92.2 cm³/mol. The summed E-state index contributed by atoms with van der Waals surface area (Å²) < 4.78 is 10.5. The first-order valence-corrected chi connectivity index (χ1v) is 8.20. The fourth-order valence-corrected chi connectivity index (χ4v) is 2.63. The van der Waals surface area contributed by atoms with E-state index in [1.807, 2.05) is 19.1 Å². The summed E-state index contributed by atoms with van der Waals surface area (Å²) in [6.07, 6.45) is 1.31. The first kappa shape index (κ1) is 17.2. The lowest BCUT2D eigenvalue weighted by Gasteiger charge is -2.29. The minimum Gasteiger partial charge on any atom is -0.459 e. The summed E-state index contributed by atoms with van der Waals surface area (Å²) in [5.41, 5.74) is 1.60. The first-order valence-electron chi connectivity index (χ1n) is 8.20. The van der Waals surface area contributed by atoms with Crippen LogP contribution in [0.2, 0.25) is 0 Å².